The van der Waals surface area contributed by atoms with Crippen LogP contribution in [0.5, 0.6) is 0 Å². The van der Waals surface area contributed by atoms with E-state index >= 15 is 0 Å². The summed E-state index contributed by atoms with van der Waals surface area (Å²) in [7, 11) is 1.72. The zero-order valence-corrected chi connectivity index (χ0v) is 12.7. The van der Waals surface area contributed by atoms with Crippen molar-refractivity contribution in [1.82, 2.24) is 9.88 Å². The number of nitrogens with one attached hydrogen (secondary N) is 1. The molecule has 1 aromatic carbocycles. The van der Waals surface area contributed by atoms with E-state index in [1.165, 1.54) is 29.3 Å². The van der Waals surface area contributed by atoms with Gasteiger partial charge >= 0.3 is 0 Å². The molecule has 1 fully saturated rings. The van der Waals surface area contributed by atoms with Crippen LogP contribution >= 0.6 is 0 Å². The maximum atomic E-state index is 5.79. The maximum absolute atomic E-state index is 5.79. The molecule has 2 aromatic rings. The Morgan fingerprint density at radius 2 is 2.19 bits per heavy atom. The molecule has 4 heteroatoms. The van der Waals surface area contributed by atoms with Gasteiger partial charge in [-0.15, -0.1) is 0 Å². The molecule has 1 aliphatic rings. The predicted octanol–water partition coefficient (Wildman–Crippen LogP) is 2.76. The zero-order chi connectivity index (χ0) is 14.5. The number of hydrogen-bond acceptors (Lipinski definition) is 3. The first kappa shape index (κ1) is 14.6. The van der Waals surface area contributed by atoms with E-state index in [4.69, 9.17) is 9.47 Å². The third-order valence-electron chi connectivity index (χ3n) is 3.93. The number of aromatic nitrogens is 1. The van der Waals surface area contributed by atoms with E-state index in [1.54, 1.807) is 7.11 Å². The zero-order valence-electron chi connectivity index (χ0n) is 12.7. The van der Waals surface area contributed by atoms with E-state index in [0.29, 0.717) is 6.73 Å². The lowest BCUT2D eigenvalue weighted by Gasteiger charge is -2.08. The van der Waals surface area contributed by atoms with Crippen LogP contribution in [0.3, 0.4) is 0 Å². The summed E-state index contributed by atoms with van der Waals surface area (Å²) < 4.78 is 13.0. The van der Waals surface area contributed by atoms with E-state index in [9.17, 15) is 0 Å². The summed E-state index contributed by atoms with van der Waals surface area (Å²) >= 11 is 0. The van der Waals surface area contributed by atoms with E-state index in [0.717, 1.165) is 32.2 Å². The fourth-order valence-corrected chi connectivity index (χ4v) is 2.46. The van der Waals surface area contributed by atoms with Crippen molar-refractivity contribution in [2.75, 3.05) is 26.9 Å². The van der Waals surface area contributed by atoms with Gasteiger partial charge in [-0.1, -0.05) is 12.1 Å². The Hall–Kier alpha value is -1.36. The summed E-state index contributed by atoms with van der Waals surface area (Å²) in [4.78, 5) is 0. The van der Waals surface area contributed by atoms with Crippen LogP contribution in [0.1, 0.15) is 18.4 Å². The fraction of sp³-hybridized carbons (Fsp3) is 0.529. The van der Waals surface area contributed by atoms with E-state index in [1.807, 2.05) is 0 Å². The minimum atomic E-state index is 0.653. The number of ether oxygens (including phenoxy) is 2. The van der Waals surface area contributed by atoms with Crippen molar-refractivity contribution >= 4 is 10.9 Å². The summed E-state index contributed by atoms with van der Waals surface area (Å²) in [5.74, 6) is 0.812. The van der Waals surface area contributed by atoms with Gasteiger partial charge in [-0.3, -0.25) is 0 Å². The quantitative estimate of drug-likeness (QED) is 0.721. The van der Waals surface area contributed by atoms with Gasteiger partial charge in [-0.05, 0) is 41.8 Å². The first-order chi connectivity index (χ1) is 10.4. The van der Waals surface area contributed by atoms with Gasteiger partial charge in [0.15, 0.2) is 0 Å². The molecular formula is C17H24N2O2. The van der Waals surface area contributed by atoms with Gasteiger partial charge in [0.1, 0.15) is 6.73 Å². The summed E-state index contributed by atoms with van der Waals surface area (Å²) in [5.41, 5.74) is 2.54. The molecule has 21 heavy (non-hydrogen) atoms. The molecule has 0 amide bonds. The van der Waals surface area contributed by atoms with Gasteiger partial charge in [0, 0.05) is 26.4 Å². The number of fused-ring (bicyclic) bond motifs is 1. The number of methoxy groups -OCH3 is 1. The van der Waals surface area contributed by atoms with Crippen LogP contribution in [0.2, 0.25) is 0 Å². The topological polar surface area (TPSA) is 35.4 Å². The first-order valence-electron chi connectivity index (χ1n) is 7.72. The SMILES string of the molecule is COCCNCc1ccc2ccn(COCC3CC3)c2c1. The molecule has 0 bridgehead atoms. The molecule has 1 heterocycles. The van der Waals surface area contributed by atoms with Crippen LogP contribution in [0, 0.1) is 5.92 Å². The van der Waals surface area contributed by atoms with Gasteiger partial charge in [-0.25, -0.2) is 0 Å². The van der Waals surface area contributed by atoms with Gasteiger partial charge in [0.05, 0.1) is 18.7 Å². The highest BCUT2D eigenvalue weighted by Crippen LogP contribution is 2.29. The first-order valence-corrected chi connectivity index (χ1v) is 7.72. The average Bonchev–Trinajstić information content (AvgIpc) is 3.24. The second-order valence-electron chi connectivity index (χ2n) is 5.79. The van der Waals surface area contributed by atoms with Crippen molar-refractivity contribution < 1.29 is 9.47 Å². The smallest absolute Gasteiger partial charge is 0.122 e. The molecule has 0 saturated heterocycles. The molecule has 0 aliphatic heterocycles. The number of benzene rings is 1. The van der Waals surface area contributed by atoms with Crippen LogP contribution in [-0.2, 0) is 22.7 Å². The lowest BCUT2D eigenvalue weighted by molar-refractivity contribution is 0.0718. The fourth-order valence-electron chi connectivity index (χ4n) is 2.46. The van der Waals surface area contributed by atoms with E-state index in [-0.39, 0.29) is 0 Å². The third kappa shape index (κ3) is 4.06. The molecule has 4 nitrogen and oxygen atoms in total. The van der Waals surface area contributed by atoms with Crippen molar-refractivity contribution in [3.63, 3.8) is 0 Å². The average molecular weight is 288 g/mol. The predicted molar refractivity (Wildman–Crippen MR) is 84.2 cm³/mol. The normalized spacial score (nSPS) is 14.9. The summed E-state index contributed by atoms with van der Waals surface area (Å²) in [6.45, 7) is 4.04. The Bertz CT molecular complexity index is 575. The highest BCUT2D eigenvalue weighted by atomic mass is 16.5. The van der Waals surface area contributed by atoms with Gasteiger partial charge in [-0.2, -0.15) is 0 Å². The van der Waals surface area contributed by atoms with Crippen molar-refractivity contribution in [2.24, 2.45) is 5.92 Å². The molecule has 1 aromatic heterocycles. The Balaban J connectivity index is 1.60. The Morgan fingerprint density at radius 3 is 3.00 bits per heavy atom. The highest BCUT2D eigenvalue weighted by molar-refractivity contribution is 5.80. The standard InChI is InChI=1S/C17H24N2O2/c1-20-9-7-18-11-15-4-5-16-6-8-19(17(16)10-15)13-21-12-14-2-3-14/h4-6,8,10,14,18H,2-3,7,9,11-13H2,1H3. The summed E-state index contributed by atoms with van der Waals surface area (Å²) in [5, 5.41) is 4.65. The van der Waals surface area contributed by atoms with E-state index < -0.39 is 0 Å². The summed E-state index contributed by atoms with van der Waals surface area (Å²) in [6.07, 6.45) is 4.78. The number of hydrogen-bond donors (Lipinski definition) is 1. The van der Waals surface area contributed by atoms with Gasteiger partial charge in [0.2, 0.25) is 0 Å². The molecule has 3 rings (SSSR count). The Labute approximate surface area is 126 Å². The molecule has 114 valence electrons. The molecule has 0 atom stereocenters. The minimum Gasteiger partial charge on any atom is -0.383 e. The Kier molecular flexibility index (Phi) is 4.91. The lowest BCUT2D eigenvalue weighted by atomic mass is 10.1. The van der Waals surface area contributed by atoms with E-state index in [2.05, 4.69) is 40.3 Å². The number of nitrogens with zero attached hydrogens (tertiary/aromatic N) is 1. The number of rotatable bonds is 9. The maximum Gasteiger partial charge on any atom is 0.122 e. The van der Waals surface area contributed by atoms with Crippen molar-refractivity contribution in [3.8, 4) is 0 Å². The lowest BCUT2D eigenvalue weighted by Crippen LogP contribution is -2.18. The Morgan fingerprint density at radius 1 is 1.29 bits per heavy atom. The molecule has 1 N–H and O–H groups in total. The summed E-state index contributed by atoms with van der Waals surface area (Å²) in [6, 6.07) is 8.76. The molecule has 0 spiro atoms. The third-order valence-corrected chi connectivity index (χ3v) is 3.93. The van der Waals surface area contributed by atoms with Crippen LogP contribution in [0.25, 0.3) is 10.9 Å². The molecule has 0 radical (unpaired) electrons. The highest BCUT2D eigenvalue weighted by Gasteiger charge is 2.21. The minimum absolute atomic E-state index is 0.653. The molecular weight excluding hydrogens is 264 g/mol. The second kappa shape index (κ2) is 7.07. The van der Waals surface area contributed by atoms with Crippen molar-refractivity contribution in [3.05, 3.63) is 36.0 Å². The monoisotopic (exact) mass is 288 g/mol. The van der Waals surface area contributed by atoms with Crippen LogP contribution in [0.15, 0.2) is 30.5 Å². The second-order valence-corrected chi connectivity index (χ2v) is 5.79. The largest absolute Gasteiger partial charge is 0.383 e. The van der Waals surface area contributed by atoms with Crippen molar-refractivity contribution in [1.29, 1.82) is 0 Å². The van der Waals surface area contributed by atoms with Crippen LogP contribution < -0.4 is 5.32 Å². The van der Waals surface area contributed by atoms with Gasteiger partial charge < -0.3 is 19.4 Å². The molecule has 1 saturated carbocycles. The molecule has 1 aliphatic carbocycles. The van der Waals surface area contributed by atoms with Crippen molar-refractivity contribution in [2.45, 2.75) is 26.1 Å². The van der Waals surface area contributed by atoms with Crippen LogP contribution in [-0.4, -0.2) is 31.4 Å². The van der Waals surface area contributed by atoms with Crippen LogP contribution in [0.4, 0.5) is 0 Å². The molecule has 0 unspecified atom stereocenters. The van der Waals surface area contributed by atoms with Gasteiger partial charge in [0.25, 0.3) is 0 Å².